The highest BCUT2D eigenvalue weighted by molar-refractivity contribution is 7.13. The highest BCUT2D eigenvalue weighted by Gasteiger charge is 2.10. The topological polar surface area (TPSA) is 50.2 Å². The third-order valence-electron chi connectivity index (χ3n) is 1.86. The Morgan fingerprint density at radius 2 is 2.14 bits per heavy atom. The van der Waals surface area contributed by atoms with Crippen LogP contribution in [0.3, 0.4) is 0 Å². The summed E-state index contributed by atoms with van der Waals surface area (Å²) in [4.78, 5) is 15.7. The van der Waals surface area contributed by atoms with E-state index in [-0.39, 0.29) is 0 Å². The van der Waals surface area contributed by atoms with E-state index in [2.05, 4.69) is 4.98 Å². The molecule has 0 aliphatic rings. The molecule has 4 heteroatoms. The van der Waals surface area contributed by atoms with Gasteiger partial charge in [-0.15, -0.1) is 11.3 Å². The largest absolute Gasteiger partial charge is 0.478 e. The summed E-state index contributed by atoms with van der Waals surface area (Å²) >= 11 is 1.43. The van der Waals surface area contributed by atoms with Gasteiger partial charge in [0.15, 0.2) is 0 Å². The summed E-state index contributed by atoms with van der Waals surface area (Å²) in [5, 5.41) is 8.95. The predicted molar refractivity (Wildman–Crippen MR) is 54.5 cm³/mol. The molecule has 0 saturated carbocycles. The van der Waals surface area contributed by atoms with Gasteiger partial charge < -0.3 is 5.11 Å². The van der Waals surface area contributed by atoms with E-state index in [1.54, 1.807) is 29.9 Å². The van der Waals surface area contributed by atoms with E-state index in [1.807, 2.05) is 6.07 Å². The molecule has 1 aromatic carbocycles. The van der Waals surface area contributed by atoms with Crippen LogP contribution in [0.1, 0.15) is 10.4 Å². The molecule has 70 valence electrons. The first-order chi connectivity index (χ1) is 6.79. The SMILES string of the molecule is O=C(O)c1ccccc1-c1cncs1. The number of thiazole rings is 1. The summed E-state index contributed by atoms with van der Waals surface area (Å²) in [6, 6.07) is 6.92. The lowest BCUT2D eigenvalue weighted by atomic mass is 10.1. The lowest BCUT2D eigenvalue weighted by molar-refractivity contribution is 0.0698. The maximum Gasteiger partial charge on any atom is 0.336 e. The Labute approximate surface area is 84.7 Å². The molecule has 0 saturated heterocycles. The number of hydrogen-bond acceptors (Lipinski definition) is 3. The zero-order chi connectivity index (χ0) is 9.97. The lowest BCUT2D eigenvalue weighted by Gasteiger charge is -2.01. The first-order valence-corrected chi connectivity index (χ1v) is 4.88. The van der Waals surface area contributed by atoms with Crippen molar-refractivity contribution < 1.29 is 9.90 Å². The fourth-order valence-corrected chi connectivity index (χ4v) is 1.90. The molecule has 0 atom stereocenters. The average Bonchev–Trinajstić information content (AvgIpc) is 2.70. The average molecular weight is 205 g/mol. The molecule has 2 aromatic rings. The fraction of sp³-hybridized carbons (Fsp3) is 0. The predicted octanol–water partition coefficient (Wildman–Crippen LogP) is 2.51. The highest BCUT2D eigenvalue weighted by atomic mass is 32.1. The molecule has 3 nitrogen and oxygen atoms in total. The van der Waals surface area contributed by atoms with Gasteiger partial charge in [-0.3, -0.25) is 4.98 Å². The number of carbonyl (C=O) groups is 1. The Morgan fingerprint density at radius 1 is 1.36 bits per heavy atom. The molecule has 0 spiro atoms. The van der Waals surface area contributed by atoms with Gasteiger partial charge in [0.1, 0.15) is 0 Å². The van der Waals surface area contributed by atoms with E-state index < -0.39 is 5.97 Å². The number of rotatable bonds is 2. The minimum Gasteiger partial charge on any atom is -0.478 e. The van der Waals surface area contributed by atoms with Crippen LogP contribution in [0.4, 0.5) is 0 Å². The molecule has 0 unspecified atom stereocenters. The quantitative estimate of drug-likeness (QED) is 0.819. The minimum absolute atomic E-state index is 0.316. The molecule has 0 bridgehead atoms. The monoisotopic (exact) mass is 205 g/mol. The standard InChI is InChI=1S/C10H7NO2S/c12-10(13)8-4-2-1-3-7(8)9-5-11-6-14-9/h1-6H,(H,12,13). The molecule has 0 aliphatic heterocycles. The van der Waals surface area contributed by atoms with E-state index >= 15 is 0 Å². The first-order valence-electron chi connectivity index (χ1n) is 4.00. The van der Waals surface area contributed by atoms with E-state index in [4.69, 9.17) is 5.11 Å². The summed E-state index contributed by atoms with van der Waals surface area (Å²) in [5.41, 5.74) is 2.73. The fourth-order valence-electron chi connectivity index (χ4n) is 1.23. The van der Waals surface area contributed by atoms with Gasteiger partial charge in [-0.25, -0.2) is 4.79 Å². The molecule has 1 heterocycles. The van der Waals surface area contributed by atoms with Crippen molar-refractivity contribution in [2.75, 3.05) is 0 Å². The molecule has 0 fully saturated rings. The summed E-state index contributed by atoms with van der Waals surface area (Å²) in [7, 11) is 0. The molecular formula is C10H7NO2S. The number of aromatic carboxylic acids is 1. The third kappa shape index (κ3) is 1.52. The van der Waals surface area contributed by atoms with Crippen LogP contribution in [-0.4, -0.2) is 16.1 Å². The zero-order valence-corrected chi connectivity index (χ0v) is 7.99. The molecule has 1 aromatic heterocycles. The smallest absolute Gasteiger partial charge is 0.336 e. The van der Waals surface area contributed by atoms with Crippen LogP contribution < -0.4 is 0 Å². The van der Waals surface area contributed by atoms with Crippen molar-refractivity contribution in [2.24, 2.45) is 0 Å². The first kappa shape index (κ1) is 8.90. The van der Waals surface area contributed by atoms with Crippen molar-refractivity contribution in [3.63, 3.8) is 0 Å². The maximum atomic E-state index is 10.9. The summed E-state index contributed by atoms with van der Waals surface area (Å²) in [5.74, 6) is -0.908. The number of hydrogen-bond donors (Lipinski definition) is 1. The van der Waals surface area contributed by atoms with E-state index in [0.717, 1.165) is 10.4 Å². The second kappa shape index (κ2) is 3.59. The molecule has 1 N–H and O–H groups in total. The molecule has 2 rings (SSSR count). The number of carboxylic acid groups (broad SMARTS) is 1. The van der Waals surface area contributed by atoms with Crippen LogP contribution in [0.15, 0.2) is 36.0 Å². The van der Waals surface area contributed by atoms with Crippen LogP contribution >= 0.6 is 11.3 Å². The van der Waals surface area contributed by atoms with Gasteiger partial charge in [0.2, 0.25) is 0 Å². The Balaban J connectivity index is 2.58. The van der Waals surface area contributed by atoms with Gasteiger partial charge in [-0.1, -0.05) is 18.2 Å². The van der Waals surface area contributed by atoms with Crippen molar-refractivity contribution in [2.45, 2.75) is 0 Å². The number of nitrogens with zero attached hydrogens (tertiary/aromatic N) is 1. The summed E-state index contributed by atoms with van der Waals surface area (Å²) in [6.45, 7) is 0. The Bertz CT molecular complexity index is 451. The van der Waals surface area contributed by atoms with E-state index in [1.165, 1.54) is 11.3 Å². The normalized spacial score (nSPS) is 10.0. The third-order valence-corrected chi connectivity index (χ3v) is 2.66. The second-order valence-corrected chi connectivity index (χ2v) is 3.60. The van der Waals surface area contributed by atoms with E-state index in [9.17, 15) is 4.79 Å². The summed E-state index contributed by atoms with van der Waals surface area (Å²) in [6.07, 6.45) is 1.67. The molecular weight excluding hydrogens is 198 g/mol. The second-order valence-electron chi connectivity index (χ2n) is 2.72. The molecule has 0 radical (unpaired) electrons. The van der Waals surface area contributed by atoms with Crippen molar-refractivity contribution in [3.8, 4) is 10.4 Å². The van der Waals surface area contributed by atoms with Crippen molar-refractivity contribution in [1.29, 1.82) is 0 Å². The molecule has 0 amide bonds. The van der Waals surface area contributed by atoms with E-state index in [0.29, 0.717) is 5.56 Å². The number of aromatic nitrogens is 1. The van der Waals surface area contributed by atoms with Gasteiger partial charge in [0.25, 0.3) is 0 Å². The van der Waals surface area contributed by atoms with Gasteiger partial charge in [0, 0.05) is 11.8 Å². The van der Waals surface area contributed by atoms with Gasteiger partial charge in [-0.05, 0) is 6.07 Å². The van der Waals surface area contributed by atoms with Gasteiger partial charge in [0.05, 0.1) is 16.0 Å². The van der Waals surface area contributed by atoms with Crippen LogP contribution in [0, 0.1) is 0 Å². The van der Waals surface area contributed by atoms with Gasteiger partial charge >= 0.3 is 5.97 Å². The van der Waals surface area contributed by atoms with Crippen molar-refractivity contribution >= 4 is 17.3 Å². The van der Waals surface area contributed by atoms with Crippen LogP contribution in [0.2, 0.25) is 0 Å². The highest BCUT2D eigenvalue weighted by Crippen LogP contribution is 2.26. The van der Waals surface area contributed by atoms with Crippen molar-refractivity contribution in [3.05, 3.63) is 41.5 Å². The summed E-state index contributed by atoms with van der Waals surface area (Å²) < 4.78 is 0. The lowest BCUT2D eigenvalue weighted by Crippen LogP contribution is -1.97. The molecule has 14 heavy (non-hydrogen) atoms. The number of carboxylic acids is 1. The Morgan fingerprint density at radius 3 is 2.79 bits per heavy atom. The maximum absolute atomic E-state index is 10.9. The minimum atomic E-state index is -0.908. The Hall–Kier alpha value is -1.68. The van der Waals surface area contributed by atoms with Gasteiger partial charge in [-0.2, -0.15) is 0 Å². The molecule has 0 aliphatic carbocycles. The van der Waals surface area contributed by atoms with Crippen LogP contribution in [0.25, 0.3) is 10.4 Å². The van der Waals surface area contributed by atoms with Crippen molar-refractivity contribution in [1.82, 2.24) is 4.98 Å². The van der Waals surface area contributed by atoms with Crippen LogP contribution in [-0.2, 0) is 0 Å². The zero-order valence-electron chi connectivity index (χ0n) is 7.18. The van der Waals surface area contributed by atoms with Crippen LogP contribution in [0.5, 0.6) is 0 Å². The Kier molecular flexibility index (Phi) is 2.28. The number of benzene rings is 1.